The van der Waals surface area contributed by atoms with Crippen molar-refractivity contribution in [3.63, 3.8) is 0 Å². The van der Waals surface area contributed by atoms with Crippen LogP contribution in [0.15, 0.2) is 35.5 Å². The van der Waals surface area contributed by atoms with Gasteiger partial charge in [0, 0.05) is 6.54 Å². The molecule has 0 atom stereocenters. The number of hydrogen-bond acceptors (Lipinski definition) is 7. The fraction of sp³-hybridized carbons (Fsp3) is 0.250. The topological polar surface area (TPSA) is 106 Å². The van der Waals surface area contributed by atoms with Gasteiger partial charge in [0.05, 0.1) is 19.5 Å². The number of anilines is 1. The van der Waals surface area contributed by atoms with Crippen molar-refractivity contribution in [1.29, 1.82) is 0 Å². The Labute approximate surface area is 122 Å². The van der Waals surface area contributed by atoms with E-state index in [4.69, 9.17) is 4.74 Å². The highest BCUT2D eigenvalue weighted by Crippen LogP contribution is 2.26. The van der Waals surface area contributed by atoms with Crippen LogP contribution in [0.3, 0.4) is 0 Å². The molecule has 0 saturated heterocycles. The summed E-state index contributed by atoms with van der Waals surface area (Å²) in [6.07, 6.45) is 2.70. The summed E-state index contributed by atoms with van der Waals surface area (Å²) in [6.45, 7) is 0.607. The van der Waals surface area contributed by atoms with Crippen LogP contribution in [0.1, 0.15) is 5.56 Å². The first-order valence-electron chi connectivity index (χ1n) is 6.05. The lowest BCUT2D eigenvalue weighted by molar-refractivity contribution is 0.402. The molecule has 0 fully saturated rings. The average molecular weight is 309 g/mol. The molecule has 2 N–H and O–H groups in total. The van der Waals surface area contributed by atoms with Crippen LogP contribution >= 0.6 is 0 Å². The third kappa shape index (κ3) is 3.64. The molecule has 0 saturated carbocycles. The maximum absolute atomic E-state index is 12.3. The molecule has 0 radical (unpaired) electrons. The molecule has 0 aliphatic rings. The van der Waals surface area contributed by atoms with E-state index in [1.807, 2.05) is 0 Å². The van der Waals surface area contributed by atoms with Crippen molar-refractivity contribution in [3.8, 4) is 5.75 Å². The highest BCUT2D eigenvalue weighted by Gasteiger charge is 2.21. The summed E-state index contributed by atoms with van der Waals surface area (Å²) in [5.74, 6) is 0.151. The van der Waals surface area contributed by atoms with Gasteiger partial charge in [-0.2, -0.15) is 5.10 Å². The van der Waals surface area contributed by atoms with E-state index in [9.17, 15) is 8.42 Å². The van der Waals surface area contributed by atoms with Crippen molar-refractivity contribution in [2.24, 2.45) is 0 Å². The molecule has 0 bridgehead atoms. The Bertz CT molecular complexity index is 706. The van der Waals surface area contributed by atoms with Crippen LogP contribution in [0.4, 0.5) is 5.95 Å². The summed E-state index contributed by atoms with van der Waals surface area (Å²) in [7, 11) is -0.629. The summed E-state index contributed by atoms with van der Waals surface area (Å²) in [5, 5.41) is 10.1. The van der Waals surface area contributed by atoms with E-state index in [1.165, 1.54) is 25.6 Å². The normalized spacial score (nSPS) is 11.1. The number of methoxy groups -OCH3 is 1. The van der Waals surface area contributed by atoms with Crippen LogP contribution in [0.5, 0.6) is 5.75 Å². The van der Waals surface area contributed by atoms with E-state index in [1.54, 1.807) is 19.2 Å². The van der Waals surface area contributed by atoms with Gasteiger partial charge in [-0.15, -0.1) is 5.10 Å². The number of rotatable bonds is 6. The van der Waals surface area contributed by atoms with Gasteiger partial charge in [0.1, 0.15) is 10.6 Å². The van der Waals surface area contributed by atoms with Crippen LogP contribution < -0.4 is 14.8 Å². The van der Waals surface area contributed by atoms with Crippen LogP contribution in [-0.4, -0.2) is 37.8 Å². The smallest absolute Gasteiger partial charge is 0.267 e. The van der Waals surface area contributed by atoms with Gasteiger partial charge in [-0.25, -0.2) is 18.1 Å². The zero-order chi connectivity index (χ0) is 15.3. The quantitative estimate of drug-likeness (QED) is 0.795. The summed E-state index contributed by atoms with van der Waals surface area (Å²) in [5.41, 5.74) is 0.908. The molecule has 2 rings (SSSR count). The van der Waals surface area contributed by atoms with Gasteiger partial charge >= 0.3 is 0 Å². The predicted molar refractivity (Wildman–Crippen MR) is 76.4 cm³/mol. The molecule has 9 heteroatoms. The highest BCUT2D eigenvalue weighted by atomic mass is 32.2. The van der Waals surface area contributed by atoms with Gasteiger partial charge in [-0.3, -0.25) is 0 Å². The number of ether oxygens (including phenoxy) is 1. The van der Waals surface area contributed by atoms with Crippen molar-refractivity contribution >= 4 is 16.0 Å². The second kappa shape index (κ2) is 6.46. The SMILES string of the molecule is CNCc1ccc(S(=O)(=O)Nc2nccnn2)c(OC)c1. The maximum Gasteiger partial charge on any atom is 0.267 e. The van der Waals surface area contributed by atoms with Gasteiger partial charge in [0.15, 0.2) is 0 Å². The summed E-state index contributed by atoms with van der Waals surface area (Å²) >= 11 is 0. The number of nitrogens with one attached hydrogen (secondary N) is 2. The first-order chi connectivity index (χ1) is 10.1. The Hall–Kier alpha value is -2.26. The van der Waals surface area contributed by atoms with E-state index >= 15 is 0 Å². The molecule has 0 amide bonds. The lowest BCUT2D eigenvalue weighted by Crippen LogP contribution is -2.16. The molecular weight excluding hydrogens is 294 g/mol. The molecular formula is C12H15N5O3S. The predicted octanol–water partition coefficient (Wildman–Crippen LogP) is 0.400. The molecule has 1 aromatic heterocycles. The molecule has 1 heterocycles. The third-order valence-corrected chi connectivity index (χ3v) is 3.97. The second-order valence-corrected chi connectivity index (χ2v) is 5.74. The lowest BCUT2D eigenvalue weighted by atomic mass is 10.2. The number of aromatic nitrogens is 3. The number of sulfonamides is 1. The molecule has 0 aliphatic heterocycles. The molecule has 0 unspecified atom stereocenters. The largest absolute Gasteiger partial charge is 0.495 e. The van der Waals surface area contributed by atoms with Crippen molar-refractivity contribution in [2.45, 2.75) is 11.4 Å². The minimum atomic E-state index is -3.85. The Balaban J connectivity index is 2.35. The van der Waals surface area contributed by atoms with E-state index < -0.39 is 10.0 Å². The van der Waals surface area contributed by atoms with Crippen LogP contribution in [0.2, 0.25) is 0 Å². The fourth-order valence-electron chi connectivity index (χ4n) is 1.72. The molecule has 2 aromatic rings. The average Bonchev–Trinajstić information content (AvgIpc) is 2.48. The summed E-state index contributed by atoms with van der Waals surface area (Å²) < 4.78 is 32.1. The van der Waals surface area contributed by atoms with Gasteiger partial charge in [-0.1, -0.05) is 6.07 Å². The number of nitrogens with zero attached hydrogens (tertiary/aromatic N) is 3. The molecule has 21 heavy (non-hydrogen) atoms. The first-order valence-corrected chi connectivity index (χ1v) is 7.53. The van der Waals surface area contributed by atoms with Crippen LogP contribution in [0.25, 0.3) is 0 Å². The Morgan fingerprint density at radius 3 is 2.71 bits per heavy atom. The van der Waals surface area contributed by atoms with Crippen molar-refractivity contribution in [3.05, 3.63) is 36.2 Å². The minimum absolute atomic E-state index is 0.0114. The molecule has 112 valence electrons. The molecule has 8 nitrogen and oxygen atoms in total. The fourth-order valence-corrected chi connectivity index (χ4v) is 2.82. The molecule has 1 aromatic carbocycles. The monoisotopic (exact) mass is 309 g/mol. The summed E-state index contributed by atoms with van der Waals surface area (Å²) in [6, 6.07) is 4.84. The minimum Gasteiger partial charge on any atom is -0.495 e. The Morgan fingerprint density at radius 1 is 1.29 bits per heavy atom. The van der Waals surface area contributed by atoms with E-state index in [0.717, 1.165) is 5.56 Å². The first kappa shape index (κ1) is 15.1. The van der Waals surface area contributed by atoms with Gasteiger partial charge in [-0.05, 0) is 24.7 Å². The highest BCUT2D eigenvalue weighted by molar-refractivity contribution is 7.92. The molecule has 0 aliphatic carbocycles. The number of benzene rings is 1. The van der Waals surface area contributed by atoms with Crippen LogP contribution in [0, 0.1) is 0 Å². The van der Waals surface area contributed by atoms with Crippen molar-refractivity contribution in [1.82, 2.24) is 20.5 Å². The third-order valence-electron chi connectivity index (χ3n) is 2.61. The van der Waals surface area contributed by atoms with Gasteiger partial charge < -0.3 is 10.1 Å². The van der Waals surface area contributed by atoms with Crippen LogP contribution in [-0.2, 0) is 16.6 Å². The standard InChI is InChI=1S/C12H15N5O3S/c1-13-8-9-3-4-11(10(7-9)20-2)21(18,19)17-12-14-5-6-15-16-12/h3-7,13H,8H2,1-2H3,(H,14,16,17). The lowest BCUT2D eigenvalue weighted by Gasteiger charge is -2.11. The van der Waals surface area contributed by atoms with Crippen molar-refractivity contribution < 1.29 is 13.2 Å². The Morgan fingerprint density at radius 2 is 2.10 bits per heavy atom. The second-order valence-electron chi connectivity index (χ2n) is 4.09. The van der Waals surface area contributed by atoms with E-state index in [-0.39, 0.29) is 16.6 Å². The maximum atomic E-state index is 12.3. The van der Waals surface area contributed by atoms with Gasteiger partial charge in [0.25, 0.3) is 16.0 Å². The number of hydrogen-bond donors (Lipinski definition) is 2. The van der Waals surface area contributed by atoms with E-state index in [0.29, 0.717) is 6.54 Å². The zero-order valence-corrected chi connectivity index (χ0v) is 12.4. The van der Waals surface area contributed by atoms with E-state index in [2.05, 4.69) is 25.2 Å². The van der Waals surface area contributed by atoms with Crippen molar-refractivity contribution in [2.75, 3.05) is 18.9 Å². The Kier molecular flexibility index (Phi) is 4.66. The van der Waals surface area contributed by atoms with Gasteiger partial charge in [0.2, 0.25) is 0 Å². The summed E-state index contributed by atoms with van der Waals surface area (Å²) in [4.78, 5) is 3.79. The zero-order valence-electron chi connectivity index (χ0n) is 11.6. The molecule has 0 spiro atoms.